The third kappa shape index (κ3) is 6.36. The van der Waals surface area contributed by atoms with E-state index in [9.17, 15) is 27.5 Å². The summed E-state index contributed by atoms with van der Waals surface area (Å²) < 4.78 is 58.1. The number of alkyl halides is 3. The minimum atomic E-state index is -4.63. The third-order valence-corrected chi connectivity index (χ3v) is 6.36. The average Bonchev–Trinajstić information content (AvgIpc) is 3.17. The summed E-state index contributed by atoms with van der Waals surface area (Å²) in [5.41, 5.74) is 2.40. The molecule has 1 aliphatic carbocycles. The summed E-state index contributed by atoms with van der Waals surface area (Å²) in [6.45, 7) is 4.55. The fourth-order valence-electron chi connectivity index (χ4n) is 4.43. The molecule has 1 aliphatic rings. The van der Waals surface area contributed by atoms with E-state index in [0.29, 0.717) is 44.4 Å². The van der Waals surface area contributed by atoms with Crippen molar-refractivity contribution < 1.29 is 32.2 Å². The number of benzene rings is 3. The van der Waals surface area contributed by atoms with Crippen molar-refractivity contribution >= 4 is 5.91 Å². The highest BCUT2D eigenvalue weighted by atomic mass is 19.4. The highest BCUT2D eigenvalue weighted by molar-refractivity contribution is 5.95. The lowest BCUT2D eigenvalue weighted by molar-refractivity contribution is -0.137. The smallest absolute Gasteiger partial charge is 0.390 e. The molecule has 3 N–H and O–H groups in total. The number of carbonyl (C=O) groups is 1. The summed E-state index contributed by atoms with van der Waals surface area (Å²) in [7, 11) is 0. The van der Waals surface area contributed by atoms with E-state index in [-0.39, 0.29) is 11.1 Å². The van der Waals surface area contributed by atoms with Crippen LogP contribution in [0.1, 0.15) is 45.6 Å². The molecule has 0 spiro atoms. The lowest BCUT2D eigenvalue weighted by Crippen LogP contribution is -2.33. The first kappa shape index (κ1) is 26.8. The van der Waals surface area contributed by atoms with Gasteiger partial charge in [0.2, 0.25) is 0 Å². The maximum atomic E-state index is 14.3. The monoisotopic (exact) mass is 516 g/mol. The Labute approximate surface area is 212 Å². The number of hydrogen-bond donors (Lipinski definition) is 3. The number of halogens is 4. The molecule has 3 aromatic carbocycles. The SMILES string of the molecule is CCOCCNCc1ccc2c(c1)[C@@H](NC(=O)c1ccc(-c3ccc(C(F)(F)F)cc3F)cc1)[C@H](O)C2. The maximum Gasteiger partial charge on any atom is 0.416 e. The van der Waals surface area contributed by atoms with Gasteiger partial charge in [-0.25, -0.2) is 4.39 Å². The molecule has 0 aliphatic heterocycles. The van der Waals surface area contributed by atoms with Crippen LogP contribution in [0.3, 0.4) is 0 Å². The van der Waals surface area contributed by atoms with Gasteiger partial charge < -0.3 is 20.5 Å². The van der Waals surface area contributed by atoms with Crippen molar-refractivity contribution in [3.05, 3.63) is 94.3 Å². The molecule has 0 fully saturated rings. The minimum Gasteiger partial charge on any atom is -0.390 e. The Balaban J connectivity index is 1.44. The Kier molecular flexibility index (Phi) is 8.26. The maximum absolute atomic E-state index is 14.3. The van der Waals surface area contributed by atoms with Crippen molar-refractivity contribution in [3.63, 3.8) is 0 Å². The van der Waals surface area contributed by atoms with Gasteiger partial charge in [-0.15, -0.1) is 0 Å². The van der Waals surface area contributed by atoms with Gasteiger partial charge in [0.15, 0.2) is 0 Å². The zero-order chi connectivity index (χ0) is 26.6. The Morgan fingerprint density at radius 1 is 1.08 bits per heavy atom. The zero-order valence-corrected chi connectivity index (χ0v) is 20.2. The molecule has 196 valence electrons. The number of rotatable bonds is 9. The first-order valence-electron chi connectivity index (χ1n) is 12.0. The molecular formula is C28H28F4N2O3. The Morgan fingerprint density at radius 2 is 1.84 bits per heavy atom. The number of aliphatic hydroxyl groups excluding tert-OH is 1. The van der Waals surface area contributed by atoms with E-state index in [2.05, 4.69) is 10.6 Å². The molecule has 9 heteroatoms. The van der Waals surface area contributed by atoms with E-state index in [4.69, 9.17) is 4.74 Å². The largest absolute Gasteiger partial charge is 0.416 e. The molecule has 37 heavy (non-hydrogen) atoms. The van der Waals surface area contributed by atoms with Crippen LogP contribution in [0.5, 0.6) is 0 Å². The fraction of sp³-hybridized carbons (Fsp3) is 0.321. The molecule has 0 aromatic heterocycles. The molecule has 2 atom stereocenters. The van der Waals surface area contributed by atoms with Gasteiger partial charge >= 0.3 is 6.18 Å². The molecule has 0 radical (unpaired) electrons. The number of fused-ring (bicyclic) bond motifs is 1. The average molecular weight is 517 g/mol. The van der Waals surface area contributed by atoms with Gasteiger partial charge in [-0.3, -0.25) is 4.79 Å². The van der Waals surface area contributed by atoms with Gasteiger partial charge in [-0.1, -0.05) is 36.4 Å². The summed E-state index contributed by atoms with van der Waals surface area (Å²) in [4.78, 5) is 12.9. The Bertz CT molecular complexity index is 1250. The first-order valence-corrected chi connectivity index (χ1v) is 12.0. The van der Waals surface area contributed by atoms with Crippen LogP contribution < -0.4 is 10.6 Å². The molecule has 0 bridgehead atoms. The molecule has 5 nitrogen and oxygen atoms in total. The second-order valence-electron chi connectivity index (χ2n) is 8.90. The van der Waals surface area contributed by atoms with Gasteiger partial charge in [0.05, 0.1) is 24.3 Å². The van der Waals surface area contributed by atoms with E-state index < -0.39 is 35.6 Å². The summed E-state index contributed by atoms with van der Waals surface area (Å²) in [6, 6.07) is 13.6. The van der Waals surface area contributed by atoms with E-state index in [1.165, 1.54) is 24.3 Å². The van der Waals surface area contributed by atoms with Gasteiger partial charge in [0, 0.05) is 37.2 Å². The predicted octanol–water partition coefficient (Wildman–Crippen LogP) is 5.03. The molecule has 1 amide bonds. The molecule has 0 unspecified atom stereocenters. The number of aliphatic hydroxyl groups is 1. The number of carbonyl (C=O) groups excluding carboxylic acids is 1. The van der Waals surface area contributed by atoms with Crippen LogP contribution in [-0.2, 0) is 23.9 Å². The van der Waals surface area contributed by atoms with Crippen molar-refractivity contribution in [3.8, 4) is 11.1 Å². The predicted molar refractivity (Wildman–Crippen MR) is 131 cm³/mol. The summed E-state index contributed by atoms with van der Waals surface area (Å²) in [5.74, 6) is -1.42. The van der Waals surface area contributed by atoms with E-state index in [0.717, 1.165) is 28.8 Å². The molecular weight excluding hydrogens is 488 g/mol. The molecule has 3 aromatic rings. The highest BCUT2D eigenvalue weighted by Gasteiger charge is 2.33. The topological polar surface area (TPSA) is 70.6 Å². The van der Waals surface area contributed by atoms with Crippen molar-refractivity contribution in [2.75, 3.05) is 19.8 Å². The fourth-order valence-corrected chi connectivity index (χ4v) is 4.43. The summed E-state index contributed by atoms with van der Waals surface area (Å²) >= 11 is 0. The van der Waals surface area contributed by atoms with Gasteiger partial charge in [0.1, 0.15) is 5.82 Å². The van der Waals surface area contributed by atoms with E-state index >= 15 is 0 Å². The van der Waals surface area contributed by atoms with Gasteiger partial charge in [-0.2, -0.15) is 13.2 Å². The zero-order valence-electron chi connectivity index (χ0n) is 20.2. The highest BCUT2D eigenvalue weighted by Crippen LogP contribution is 2.34. The van der Waals surface area contributed by atoms with E-state index in [1.54, 1.807) is 0 Å². The number of ether oxygens (including phenoxy) is 1. The normalized spacial score (nSPS) is 17.0. The molecule has 0 saturated carbocycles. The van der Waals surface area contributed by atoms with Crippen LogP contribution in [0.2, 0.25) is 0 Å². The molecule has 0 saturated heterocycles. The molecule has 4 rings (SSSR count). The van der Waals surface area contributed by atoms with Crippen LogP contribution in [0.15, 0.2) is 60.7 Å². The molecule has 0 heterocycles. The van der Waals surface area contributed by atoms with Crippen molar-refractivity contribution in [2.24, 2.45) is 0 Å². The van der Waals surface area contributed by atoms with Crippen LogP contribution in [0, 0.1) is 5.82 Å². The van der Waals surface area contributed by atoms with Crippen molar-refractivity contribution in [1.82, 2.24) is 10.6 Å². The van der Waals surface area contributed by atoms with Gasteiger partial charge in [0.25, 0.3) is 5.91 Å². The lowest BCUT2D eigenvalue weighted by atomic mass is 10.0. The number of hydrogen-bond acceptors (Lipinski definition) is 4. The minimum absolute atomic E-state index is 0.00231. The van der Waals surface area contributed by atoms with Gasteiger partial charge in [-0.05, 0) is 53.4 Å². The summed E-state index contributed by atoms with van der Waals surface area (Å²) in [5, 5.41) is 16.8. The summed E-state index contributed by atoms with van der Waals surface area (Å²) in [6.07, 6.45) is -4.99. The van der Waals surface area contributed by atoms with Crippen LogP contribution >= 0.6 is 0 Å². The lowest BCUT2D eigenvalue weighted by Gasteiger charge is -2.19. The number of nitrogens with one attached hydrogen (secondary N) is 2. The second kappa shape index (κ2) is 11.4. The second-order valence-corrected chi connectivity index (χ2v) is 8.90. The van der Waals surface area contributed by atoms with Crippen LogP contribution in [0.4, 0.5) is 17.6 Å². The Hall–Kier alpha value is -3.27. The first-order chi connectivity index (χ1) is 17.7. The van der Waals surface area contributed by atoms with E-state index in [1.807, 2.05) is 25.1 Å². The van der Waals surface area contributed by atoms with Crippen LogP contribution in [-0.4, -0.2) is 36.9 Å². The van der Waals surface area contributed by atoms with Crippen LogP contribution in [0.25, 0.3) is 11.1 Å². The Morgan fingerprint density at radius 3 is 2.51 bits per heavy atom. The van der Waals surface area contributed by atoms with Crippen molar-refractivity contribution in [2.45, 2.75) is 38.2 Å². The van der Waals surface area contributed by atoms with Crippen molar-refractivity contribution in [1.29, 1.82) is 0 Å². The quantitative estimate of drug-likeness (QED) is 0.276. The standard InChI is InChI=1S/C28H28F4N2O3/c1-2-37-12-11-33-16-17-3-4-20-14-25(35)26(23(20)13-17)34-27(36)19-7-5-18(6-8-19)22-10-9-21(15-24(22)29)28(30,31)32/h3-10,13,15,25-26,33,35H,2,11-12,14,16H2,1H3,(H,34,36)/t25-,26-/m1/s1. The third-order valence-electron chi connectivity index (χ3n) is 6.36. The number of amides is 1.